The van der Waals surface area contributed by atoms with Gasteiger partial charge in [0.25, 0.3) is 5.91 Å². The van der Waals surface area contributed by atoms with E-state index in [9.17, 15) is 4.79 Å². The van der Waals surface area contributed by atoms with Crippen LogP contribution in [-0.2, 0) is 6.54 Å². The van der Waals surface area contributed by atoms with Gasteiger partial charge in [-0.2, -0.15) is 0 Å². The predicted molar refractivity (Wildman–Crippen MR) is 84.7 cm³/mol. The van der Waals surface area contributed by atoms with Crippen LogP contribution in [0.25, 0.3) is 0 Å². The van der Waals surface area contributed by atoms with E-state index >= 15 is 0 Å². The molecule has 0 aromatic carbocycles. The number of carbonyl (C=O) groups is 1. The first kappa shape index (κ1) is 14.6. The zero-order valence-electron chi connectivity index (χ0n) is 12.8. The van der Waals surface area contributed by atoms with E-state index in [1.165, 1.54) is 6.42 Å². The SMILES string of the molecule is CC1CCCN(c2ncccc2C(=O)NCc2ccco2)C1. The Labute approximate surface area is 130 Å². The fourth-order valence-electron chi connectivity index (χ4n) is 2.88. The molecule has 3 heterocycles. The van der Waals surface area contributed by atoms with Crippen molar-refractivity contribution < 1.29 is 9.21 Å². The topological polar surface area (TPSA) is 58.4 Å². The van der Waals surface area contributed by atoms with Crippen molar-refractivity contribution in [3.8, 4) is 0 Å². The van der Waals surface area contributed by atoms with Crippen LogP contribution in [-0.4, -0.2) is 24.0 Å². The van der Waals surface area contributed by atoms with Gasteiger partial charge < -0.3 is 14.6 Å². The molecule has 1 unspecified atom stereocenters. The minimum atomic E-state index is -0.113. The number of pyridine rings is 1. The lowest BCUT2D eigenvalue weighted by atomic mass is 10.00. The van der Waals surface area contributed by atoms with Crippen LogP contribution in [0.1, 0.15) is 35.9 Å². The number of rotatable bonds is 4. The van der Waals surface area contributed by atoms with Crippen molar-refractivity contribution in [1.82, 2.24) is 10.3 Å². The van der Waals surface area contributed by atoms with E-state index in [0.29, 0.717) is 18.0 Å². The summed E-state index contributed by atoms with van der Waals surface area (Å²) in [5.41, 5.74) is 0.628. The molecule has 3 rings (SSSR count). The standard InChI is InChI=1S/C17H21N3O2/c1-13-5-3-9-20(12-13)16-15(7-2-8-18-16)17(21)19-11-14-6-4-10-22-14/h2,4,6-8,10,13H,3,5,9,11-12H2,1H3,(H,19,21). The van der Waals surface area contributed by atoms with Crippen LogP contribution in [0.2, 0.25) is 0 Å². The number of hydrogen-bond acceptors (Lipinski definition) is 4. The predicted octanol–water partition coefficient (Wildman–Crippen LogP) is 2.84. The van der Waals surface area contributed by atoms with Crippen LogP contribution in [0.15, 0.2) is 41.1 Å². The molecule has 2 aromatic heterocycles. The van der Waals surface area contributed by atoms with Crippen LogP contribution in [0.5, 0.6) is 0 Å². The molecule has 0 radical (unpaired) electrons. The van der Waals surface area contributed by atoms with E-state index in [1.54, 1.807) is 18.5 Å². The maximum Gasteiger partial charge on any atom is 0.255 e. The van der Waals surface area contributed by atoms with Crippen LogP contribution < -0.4 is 10.2 Å². The van der Waals surface area contributed by atoms with Crippen LogP contribution in [0.3, 0.4) is 0 Å². The first-order valence-corrected chi connectivity index (χ1v) is 7.74. The third-order valence-corrected chi connectivity index (χ3v) is 3.99. The number of nitrogens with one attached hydrogen (secondary N) is 1. The Morgan fingerprint density at radius 2 is 2.36 bits per heavy atom. The van der Waals surface area contributed by atoms with Crippen molar-refractivity contribution in [2.24, 2.45) is 5.92 Å². The molecule has 1 N–H and O–H groups in total. The largest absolute Gasteiger partial charge is 0.467 e. The monoisotopic (exact) mass is 299 g/mol. The molecule has 1 amide bonds. The molecule has 116 valence electrons. The van der Waals surface area contributed by atoms with Crippen molar-refractivity contribution >= 4 is 11.7 Å². The number of piperidine rings is 1. The summed E-state index contributed by atoms with van der Waals surface area (Å²) in [5.74, 6) is 2.05. The Hall–Kier alpha value is -2.30. The van der Waals surface area contributed by atoms with E-state index < -0.39 is 0 Å². The maximum atomic E-state index is 12.5. The summed E-state index contributed by atoms with van der Waals surface area (Å²) in [5, 5.41) is 2.89. The maximum absolute atomic E-state index is 12.5. The highest BCUT2D eigenvalue weighted by molar-refractivity contribution is 5.98. The van der Waals surface area contributed by atoms with Gasteiger partial charge in [-0.25, -0.2) is 4.98 Å². The molecule has 1 fully saturated rings. The van der Waals surface area contributed by atoms with Crippen molar-refractivity contribution in [3.63, 3.8) is 0 Å². The molecule has 1 aliphatic rings. The van der Waals surface area contributed by atoms with Crippen LogP contribution >= 0.6 is 0 Å². The molecular formula is C17H21N3O2. The molecule has 22 heavy (non-hydrogen) atoms. The first-order valence-electron chi connectivity index (χ1n) is 7.74. The highest BCUT2D eigenvalue weighted by atomic mass is 16.3. The minimum Gasteiger partial charge on any atom is -0.467 e. The second-order valence-electron chi connectivity index (χ2n) is 5.83. The van der Waals surface area contributed by atoms with Crippen molar-refractivity contribution in [1.29, 1.82) is 0 Å². The highest BCUT2D eigenvalue weighted by Gasteiger charge is 2.22. The lowest BCUT2D eigenvalue weighted by molar-refractivity contribution is 0.0948. The van der Waals surface area contributed by atoms with Gasteiger partial charge in [0, 0.05) is 19.3 Å². The molecule has 1 saturated heterocycles. The van der Waals surface area contributed by atoms with Gasteiger partial charge in [-0.05, 0) is 43.0 Å². The summed E-state index contributed by atoms with van der Waals surface area (Å²) in [6, 6.07) is 7.29. The molecule has 0 saturated carbocycles. The van der Waals surface area contributed by atoms with Gasteiger partial charge in [-0.1, -0.05) is 6.92 Å². The molecule has 5 nitrogen and oxygen atoms in total. The molecule has 0 aliphatic carbocycles. The summed E-state index contributed by atoms with van der Waals surface area (Å²) < 4.78 is 5.24. The molecule has 0 spiro atoms. The van der Waals surface area contributed by atoms with Gasteiger partial charge in [-0.15, -0.1) is 0 Å². The quantitative estimate of drug-likeness (QED) is 0.943. The average Bonchev–Trinajstić information content (AvgIpc) is 3.06. The average molecular weight is 299 g/mol. The lowest BCUT2D eigenvalue weighted by Crippen LogP contribution is -2.36. The number of carbonyl (C=O) groups excluding carboxylic acids is 1. The first-order chi connectivity index (χ1) is 10.7. The van der Waals surface area contributed by atoms with E-state index in [2.05, 4.69) is 22.1 Å². The Morgan fingerprint density at radius 3 is 3.14 bits per heavy atom. The smallest absolute Gasteiger partial charge is 0.255 e. The van der Waals surface area contributed by atoms with E-state index in [-0.39, 0.29) is 5.91 Å². The number of nitrogens with zero attached hydrogens (tertiary/aromatic N) is 2. The number of amides is 1. The number of aromatic nitrogens is 1. The van der Waals surface area contributed by atoms with Crippen LogP contribution in [0, 0.1) is 5.92 Å². The van der Waals surface area contributed by atoms with Gasteiger partial charge in [-0.3, -0.25) is 4.79 Å². The van der Waals surface area contributed by atoms with Gasteiger partial charge in [0.2, 0.25) is 0 Å². The number of anilines is 1. The van der Waals surface area contributed by atoms with E-state index in [1.807, 2.05) is 18.2 Å². The molecule has 1 atom stereocenters. The fraction of sp³-hybridized carbons (Fsp3) is 0.412. The Balaban J connectivity index is 1.74. The third kappa shape index (κ3) is 3.30. The fourth-order valence-corrected chi connectivity index (χ4v) is 2.88. The normalized spacial score (nSPS) is 18.2. The Bertz CT molecular complexity index is 625. The van der Waals surface area contributed by atoms with Gasteiger partial charge in [0.05, 0.1) is 18.4 Å². The highest BCUT2D eigenvalue weighted by Crippen LogP contribution is 2.24. The summed E-state index contributed by atoms with van der Waals surface area (Å²) in [6.45, 7) is 4.54. The number of hydrogen-bond donors (Lipinski definition) is 1. The van der Waals surface area contributed by atoms with Crippen molar-refractivity contribution in [2.75, 3.05) is 18.0 Å². The minimum absolute atomic E-state index is 0.113. The van der Waals surface area contributed by atoms with E-state index in [4.69, 9.17) is 4.42 Å². The third-order valence-electron chi connectivity index (χ3n) is 3.99. The van der Waals surface area contributed by atoms with Crippen molar-refractivity contribution in [3.05, 3.63) is 48.0 Å². The Kier molecular flexibility index (Phi) is 4.42. The zero-order valence-corrected chi connectivity index (χ0v) is 12.8. The summed E-state index contributed by atoms with van der Waals surface area (Å²) in [7, 11) is 0. The van der Waals surface area contributed by atoms with Gasteiger partial charge in [0.15, 0.2) is 0 Å². The molecule has 5 heteroatoms. The second kappa shape index (κ2) is 6.64. The molecular weight excluding hydrogens is 278 g/mol. The van der Waals surface area contributed by atoms with Crippen LogP contribution in [0.4, 0.5) is 5.82 Å². The lowest BCUT2D eigenvalue weighted by Gasteiger charge is -2.32. The number of furan rings is 1. The zero-order chi connectivity index (χ0) is 15.4. The summed E-state index contributed by atoms with van der Waals surface area (Å²) in [6.07, 6.45) is 5.73. The summed E-state index contributed by atoms with van der Waals surface area (Å²) in [4.78, 5) is 19.1. The molecule has 0 bridgehead atoms. The molecule has 2 aromatic rings. The Morgan fingerprint density at radius 1 is 1.45 bits per heavy atom. The van der Waals surface area contributed by atoms with E-state index in [0.717, 1.165) is 31.1 Å². The summed E-state index contributed by atoms with van der Waals surface area (Å²) >= 11 is 0. The van der Waals surface area contributed by atoms with Gasteiger partial charge in [0.1, 0.15) is 11.6 Å². The second-order valence-corrected chi connectivity index (χ2v) is 5.83. The van der Waals surface area contributed by atoms with Crippen molar-refractivity contribution in [2.45, 2.75) is 26.3 Å². The van der Waals surface area contributed by atoms with Gasteiger partial charge >= 0.3 is 0 Å². The molecule has 1 aliphatic heterocycles.